The van der Waals surface area contributed by atoms with Crippen molar-refractivity contribution in [2.45, 2.75) is 34.1 Å². The maximum absolute atomic E-state index is 12.1. The molecule has 2 N–H and O–H groups in total. The van der Waals surface area contributed by atoms with Crippen molar-refractivity contribution in [2.75, 3.05) is 29.9 Å². The number of aryl methyl sites for hydroxylation is 1. The minimum Gasteiger partial charge on any atom is -0.372 e. The minimum atomic E-state index is -0.0911. The molecule has 1 aromatic heterocycles. The van der Waals surface area contributed by atoms with Crippen molar-refractivity contribution in [3.63, 3.8) is 0 Å². The summed E-state index contributed by atoms with van der Waals surface area (Å²) in [6.07, 6.45) is 4.23. The van der Waals surface area contributed by atoms with Crippen LogP contribution in [0.3, 0.4) is 0 Å². The van der Waals surface area contributed by atoms with Crippen LogP contribution in [0.1, 0.15) is 43.1 Å². The molecule has 1 heterocycles. The fourth-order valence-electron chi connectivity index (χ4n) is 2.70. The van der Waals surface area contributed by atoms with E-state index >= 15 is 0 Å². The van der Waals surface area contributed by atoms with E-state index in [1.54, 1.807) is 12.4 Å². The number of nitrogens with zero attached hydrogens (tertiary/aromatic N) is 2. The number of hydrogen-bond donors (Lipinski definition) is 2. The quantitative estimate of drug-likeness (QED) is 0.759. The van der Waals surface area contributed by atoms with Crippen LogP contribution in [0.4, 0.5) is 17.1 Å². The summed E-state index contributed by atoms with van der Waals surface area (Å²) in [5.74, 6) is -0.0911. The van der Waals surface area contributed by atoms with Gasteiger partial charge >= 0.3 is 0 Å². The van der Waals surface area contributed by atoms with E-state index in [9.17, 15) is 4.79 Å². The van der Waals surface area contributed by atoms with Crippen molar-refractivity contribution in [2.24, 2.45) is 0 Å². The molecule has 0 aliphatic heterocycles. The van der Waals surface area contributed by atoms with Gasteiger partial charge in [-0.1, -0.05) is 6.92 Å². The molecule has 2 rings (SSSR count). The Morgan fingerprint density at radius 1 is 1.12 bits per heavy atom. The highest BCUT2D eigenvalue weighted by atomic mass is 16.1. The minimum absolute atomic E-state index is 0.0911. The van der Waals surface area contributed by atoms with E-state index in [1.165, 1.54) is 5.69 Å². The van der Waals surface area contributed by atoms with Crippen LogP contribution in [-0.4, -0.2) is 30.5 Å². The van der Waals surface area contributed by atoms with Gasteiger partial charge in [-0.25, -0.2) is 0 Å². The van der Waals surface area contributed by atoms with Gasteiger partial charge in [-0.2, -0.15) is 0 Å². The third kappa shape index (κ3) is 4.95. The van der Waals surface area contributed by atoms with Gasteiger partial charge in [0, 0.05) is 37.2 Å². The van der Waals surface area contributed by atoms with Gasteiger partial charge in [-0.15, -0.1) is 0 Å². The summed E-state index contributed by atoms with van der Waals surface area (Å²) in [6.45, 7) is 11.1. The molecule has 0 spiro atoms. The first kappa shape index (κ1) is 18.8. The van der Waals surface area contributed by atoms with Crippen LogP contribution in [0.15, 0.2) is 36.7 Å². The van der Waals surface area contributed by atoms with Crippen molar-refractivity contribution in [3.8, 4) is 0 Å². The van der Waals surface area contributed by atoms with Gasteiger partial charge in [0.25, 0.3) is 5.91 Å². The lowest BCUT2D eigenvalue weighted by atomic mass is 10.1. The van der Waals surface area contributed by atoms with Crippen molar-refractivity contribution >= 4 is 23.0 Å². The molecule has 1 amide bonds. The molecule has 25 heavy (non-hydrogen) atoms. The van der Waals surface area contributed by atoms with E-state index in [2.05, 4.69) is 59.5 Å². The first-order valence-electron chi connectivity index (χ1n) is 8.94. The van der Waals surface area contributed by atoms with Crippen LogP contribution in [0.25, 0.3) is 0 Å². The van der Waals surface area contributed by atoms with Crippen molar-refractivity contribution in [3.05, 3.63) is 47.8 Å². The molecule has 1 aromatic carbocycles. The largest absolute Gasteiger partial charge is 0.372 e. The number of hydrogen-bond acceptors (Lipinski definition) is 4. The monoisotopic (exact) mass is 340 g/mol. The Balaban J connectivity index is 2.15. The van der Waals surface area contributed by atoms with Crippen LogP contribution in [0, 0.1) is 6.92 Å². The van der Waals surface area contributed by atoms with Crippen molar-refractivity contribution in [1.82, 2.24) is 10.3 Å². The van der Waals surface area contributed by atoms with E-state index in [1.807, 2.05) is 13.0 Å². The molecule has 0 unspecified atom stereocenters. The molecule has 5 heteroatoms. The van der Waals surface area contributed by atoms with Crippen LogP contribution in [0.5, 0.6) is 0 Å². The summed E-state index contributed by atoms with van der Waals surface area (Å²) in [5.41, 5.74) is 4.77. The van der Waals surface area contributed by atoms with Crippen molar-refractivity contribution < 1.29 is 4.79 Å². The maximum Gasteiger partial charge on any atom is 0.252 e. The van der Waals surface area contributed by atoms with Gasteiger partial charge in [0.2, 0.25) is 0 Å². The number of anilines is 3. The molecule has 2 aromatic rings. The Bertz CT molecular complexity index is 711. The number of rotatable bonds is 8. The molecule has 0 aliphatic carbocycles. The Hall–Kier alpha value is -2.56. The van der Waals surface area contributed by atoms with E-state index < -0.39 is 0 Å². The lowest BCUT2D eigenvalue weighted by Gasteiger charge is -2.22. The highest BCUT2D eigenvalue weighted by Crippen LogP contribution is 2.25. The standard InChI is InChI=1S/C20H28N4O/c1-5-10-22-20(25)16-12-17(14-21-13-16)23-19-9-8-18(11-15(19)4)24(6-2)7-3/h8-9,11-14,23H,5-7,10H2,1-4H3,(H,22,25). The zero-order chi connectivity index (χ0) is 18.2. The van der Waals surface area contributed by atoms with Gasteiger partial charge in [0.1, 0.15) is 0 Å². The number of aromatic nitrogens is 1. The Labute approximate surface area is 150 Å². The molecule has 0 radical (unpaired) electrons. The summed E-state index contributed by atoms with van der Waals surface area (Å²) < 4.78 is 0. The average molecular weight is 340 g/mol. The molecule has 0 atom stereocenters. The summed E-state index contributed by atoms with van der Waals surface area (Å²) in [5, 5.41) is 6.24. The van der Waals surface area contributed by atoms with Gasteiger partial charge in [-0.3, -0.25) is 9.78 Å². The third-order valence-corrected chi connectivity index (χ3v) is 4.15. The Kier molecular flexibility index (Phi) is 6.81. The second kappa shape index (κ2) is 9.06. The van der Waals surface area contributed by atoms with E-state index in [-0.39, 0.29) is 5.91 Å². The summed E-state index contributed by atoms with van der Waals surface area (Å²) in [4.78, 5) is 18.6. The highest BCUT2D eigenvalue weighted by molar-refractivity contribution is 5.94. The second-order valence-electron chi connectivity index (χ2n) is 6.01. The lowest BCUT2D eigenvalue weighted by Crippen LogP contribution is -2.24. The van der Waals surface area contributed by atoms with Crippen LogP contribution < -0.4 is 15.5 Å². The van der Waals surface area contributed by atoms with Crippen molar-refractivity contribution in [1.29, 1.82) is 0 Å². The molecule has 0 aliphatic rings. The van der Waals surface area contributed by atoms with Gasteiger partial charge in [0.05, 0.1) is 17.4 Å². The summed E-state index contributed by atoms with van der Waals surface area (Å²) in [6, 6.07) is 8.21. The maximum atomic E-state index is 12.1. The zero-order valence-electron chi connectivity index (χ0n) is 15.6. The molecule has 134 valence electrons. The number of carbonyl (C=O) groups is 1. The molecule has 0 saturated carbocycles. The first-order valence-corrected chi connectivity index (χ1v) is 8.94. The predicted molar refractivity (Wildman–Crippen MR) is 105 cm³/mol. The zero-order valence-corrected chi connectivity index (χ0v) is 15.6. The third-order valence-electron chi connectivity index (χ3n) is 4.15. The number of amides is 1. The fraction of sp³-hybridized carbons (Fsp3) is 0.400. The first-order chi connectivity index (χ1) is 12.1. The SMILES string of the molecule is CCCNC(=O)c1cncc(Nc2ccc(N(CC)CC)cc2C)c1. The molecule has 5 nitrogen and oxygen atoms in total. The number of nitrogens with one attached hydrogen (secondary N) is 2. The number of pyridine rings is 1. The summed E-state index contributed by atoms with van der Waals surface area (Å²) in [7, 11) is 0. The second-order valence-corrected chi connectivity index (χ2v) is 6.01. The molecule has 0 saturated heterocycles. The highest BCUT2D eigenvalue weighted by Gasteiger charge is 2.08. The lowest BCUT2D eigenvalue weighted by molar-refractivity contribution is 0.0953. The van der Waals surface area contributed by atoms with E-state index in [4.69, 9.17) is 0 Å². The number of carbonyl (C=O) groups excluding carboxylic acids is 1. The smallest absolute Gasteiger partial charge is 0.252 e. The molecule has 0 fully saturated rings. The molecular formula is C20H28N4O. The fourth-order valence-corrected chi connectivity index (χ4v) is 2.70. The Morgan fingerprint density at radius 2 is 1.88 bits per heavy atom. The van der Waals surface area contributed by atoms with E-state index in [0.29, 0.717) is 12.1 Å². The molecular weight excluding hydrogens is 312 g/mol. The van der Waals surface area contributed by atoms with Gasteiger partial charge in [0.15, 0.2) is 0 Å². The topological polar surface area (TPSA) is 57.3 Å². The summed E-state index contributed by atoms with van der Waals surface area (Å²) >= 11 is 0. The van der Waals surface area contributed by atoms with Crippen LogP contribution >= 0.6 is 0 Å². The van der Waals surface area contributed by atoms with Gasteiger partial charge < -0.3 is 15.5 Å². The molecule has 0 bridgehead atoms. The average Bonchev–Trinajstić information content (AvgIpc) is 2.63. The van der Waals surface area contributed by atoms with Crippen LogP contribution in [0.2, 0.25) is 0 Å². The normalized spacial score (nSPS) is 10.4. The van der Waals surface area contributed by atoms with Gasteiger partial charge in [-0.05, 0) is 57.0 Å². The predicted octanol–water partition coefficient (Wildman–Crippen LogP) is 4.12. The van der Waals surface area contributed by atoms with Crippen LogP contribution in [-0.2, 0) is 0 Å². The van der Waals surface area contributed by atoms with E-state index in [0.717, 1.165) is 36.4 Å². The number of benzene rings is 1. The Morgan fingerprint density at radius 3 is 2.52 bits per heavy atom.